The molecule has 0 aliphatic carbocycles. The van der Waals surface area contributed by atoms with Gasteiger partial charge in [-0.15, -0.1) is 0 Å². The summed E-state index contributed by atoms with van der Waals surface area (Å²) in [4.78, 5) is 26.5. The minimum absolute atomic E-state index is 0.120. The van der Waals surface area contributed by atoms with Gasteiger partial charge in [-0.25, -0.2) is 0 Å². The molecule has 0 radical (unpaired) electrons. The lowest BCUT2D eigenvalue weighted by Gasteiger charge is -2.16. The summed E-state index contributed by atoms with van der Waals surface area (Å²) < 4.78 is 1.89. The highest BCUT2D eigenvalue weighted by Gasteiger charge is 2.21. The predicted molar refractivity (Wildman–Crippen MR) is 116 cm³/mol. The molecule has 2 aromatic carbocycles. The van der Waals surface area contributed by atoms with E-state index in [0.717, 1.165) is 41.9 Å². The maximum atomic E-state index is 12.8. The number of carbonyl (C=O) groups is 2. The van der Waals surface area contributed by atoms with Gasteiger partial charge in [-0.2, -0.15) is 5.10 Å². The molecule has 1 aromatic heterocycles. The molecule has 1 aliphatic rings. The van der Waals surface area contributed by atoms with Crippen molar-refractivity contribution in [3.63, 3.8) is 0 Å². The number of nitrogens with zero attached hydrogens (tertiary/aromatic N) is 3. The Bertz CT molecular complexity index is 1030. The molecule has 4 rings (SSSR count). The monoisotopic (exact) mass is 402 g/mol. The maximum Gasteiger partial charge on any atom is 0.255 e. The maximum absolute atomic E-state index is 12.8. The second kappa shape index (κ2) is 8.95. The van der Waals surface area contributed by atoms with Crippen molar-refractivity contribution in [3.8, 4) is 0 Å². The van der Waals surface area contributed by atoms with Crippen molar-refractivity contribution in [1.82, 2.24) is 15.1 Å². The first kappa shape index (κ1) is 19.9. The number of rotatable bonds is 7. The standard InChI is InChI=1S/C24H26N4O2/c1-2-22-21(16-26-28(22)17-19-7-4-3-5-8-19)24(30)25-15-18-10-12-20(13-11-18)27-14-6-9-23(27)29/h3-5,7-8,10-13,16H,2,6,9,14-15,17H2,1H3,(H,25,30). The van der Waals surface area contributed by atoms with Crippen LogP contribution >= 0.6 is 0 Å². The van der Waals surface area contributed by atoms with Crippen molar-refractivity contribution >= 4 is 17.5 Å². The largest absolute Gasteiger partial charge is 0.348 e. The Morgan fingerprint density at radius 1 is 1.07 bits per heavy atom. The van der Waals surface area contributed by atoms with Crippen molar-refractivity contribution < 1.29 is 9.59 Å². The second-order valence-corrected chi connectivity index (χ2v) is 7.50. The van der Waals surface area contributed by atoms with Crippen LogP contribution in [-0.2, 0) is 24.3 Å². The Labute approximate surface area is 176 Å². The molecule has 1 N–H and O–H groups in total. The van der Waals surface area contributed by atoms with E-state index >= 15 is 0 Å². The summed E-state index contributed by atoms with van der Waals surface area (Å²) in [6.07, 6.45) is 3.91. The van der Waals surface area contributed by atoms with E-state index in [1.165, 1.54) is 0 Å². The third kappa shape index (κ3) is 4.27. The molecule has 6 nitrogen and oxygen atoms in total. The van der Waals surface area contributed by atoms with Crippen molar-refractivity contribution in [2.75, 3.05) is 11.4 Å². The highest BCUT2D eigenvalue weighted by atomic mass is 16.2. The van der Waals surface area contributed by atoms with Gasteiger partial charge in [-0.05, 0) is 36.1 Å². The van der Waals surface area contributed by atoms with Gasteiger partial charge < -0.3 is 10.2 Å². The Morgan fingerprint density at radius 3 is 2.50 bits per heavy atom. The van der Waals surface area contributed by atoms with Crippen molar-refractivity contribution in [1.29, 1.82) is 0 Å². The van der Waals surface area contributed by atoms with E-state index in [4.69, 9.17) is 0 Å². The van der Waals surface area contributed by atoms with Gasteiger partial charge in [0, 0.05) is 25.2 Å². The van der Waals surface area contributed by atoms with Gasteiger partial charge in [0.2, 0.25) is 5.91 Å². The molecule has 6 heteroatoms. The number of hydrogen-bond donors (Lipinski definition) is 1. The minimum atomic E-state index is -0.120. The Balaban J connectivity index is 1.40. The number of benzene rings is 2. The number of nitrogens with one attached hydrogen (secondary N) is 1. The fourth-order valence-electron chi connectivity index (χ4n) is 3.86. The molecule has 154 valence electrons. The first-order chi connectivity index (χ1) is 14.7. The lowest BCUT2D eigenvalue weighted by atomic mass is 10.1. The lowest BCUT2D eigenvalue weighted by molar-refractivity contribution is -0.117. The van der Waals surface area contributed by atoms with Crippen LogP contribution in [0, 0.1) is 0 Å². The SMILES string of the molecule is CCc1c(C(=O)NCc2ccc(N3CCCC3=O)cc2)cnn1Cc1ccccc1. The first-order valence-corrected chi connectivity index (χ1v) is 10.4. The quantitative estimate of drug-likeness (QED) is 0.657. The lowest BCUT2D eigenvalue weighted by Crippen LogP contribution is -2.25. The van der Waals surface area contributed by atoms with Crippen LogP contribution in [0.2, 0.25) is 0 Å². The zero-order chi connectivity index (χ0) is 20.9. The van der Waals surface area contributed by atoms with Crippen LogP contribution in [0.4, 0.5) is 5.69 Å². The summed E-state index contributed by atoms with van der Waals surface area (Å²) in [5.41, 5.74) is 4.61. The number of anilines is 1. The molecule has 30 heavy (non-hydrogen) atoms. The van der Waals surface area contributed by atoms with Crippen LogP contribution in [0.3, 0.4) is 0 Å². The third-order valence-corrected chi connectivity index (χ3v) is 5.48. The zero-order valence-electron chi connectivity index (χ0n) is 17.2. The summed E-state index contributed by atoms with van der Waals surface area (Å²) in [6, 6.07) is 17.9. The van der Waals surface area contributed by atoms with Crippen LogP contribution in [0.1, 0.15) is 46.9 Å². The molecular weight excluding hydrogens is 376 g/mol. The second-order valence-electron chi connectivity index (χ2n) is 7.50. The van der Waals surface area contributed by atoms with Gasteiger partial charge in [-0.1, -0.05) is 49.4 Å². The van der Waals surface area contributed by atoms with E-state index in [-0.39, 0.29) is 11.8 Å². The summed E-state index contributed by atoms with van der Waals surface area (Å²) in [6.45, 7) is 3.89. The minimum Gasteiger partial charge on any atom is -0.348 e. The molecule has 0 saturated carbocycles. The predicted octanol–water partition coefficient (Wildman–Crippen LogP) is 3.55. The van der Waals surface area contributed by atoms with E-state index in [2.05, 4.69) is 22.5 Å². The topological polar surface area (TPSA) is 67.2 Å². The number of aromatic nitrogens is 2. The van der Waals surface area contributed by atoms with Crippen LogP contribution < -0.4 is 10.2 Å². The fraction of sp³-hybridized carbons (Fsp3) is 0.292. The van der Waals surface area contributed by atoms with E-state index in [1.54, 1.807) is 6.20 Å². The number of amides is 2. The van der Waals surface area contributed by atoms with Crippen molar-refractivity contribution in [2.24, 2.45) is 0 Å². The molecule has 2 amide bonds. The van der Waals surface area contributed by atoms with E-state index in [0.29, 0.717) is 25.1 Å². The normalized spacial score (nSPS) is 13.6. The molecule has 1 fully saturated rings. The average Bonchev–Trinajstić information content (AvgIpc) is 3.39. The van der Waals surface area contributed by atoms with Crippen LogP contribution in [-0.4, -0.2) is 28.1 Å². The third-order valence-electron chi connectivity index (χ3n) is 5.48. The smallest absolute Gasteiger partial charge is 0.255 e. The fourth-order valence-corrected chi connectivity index (χ4v) is 3.86. The van der Waals surface area contributed by atoms with Crippen LogP contribution in [0.15, 0.2) is 60.8 Å². The van der Waals surface area contributed by atoms with Gasteiger partial charge in [0.05, 0.1) is 24.0 Å². The van der Waals surface area contributed by atoms with E-state index in [1.807, 2.05) is 59.0 Å². The summed E-state index contributed by atoms with van der Waals surface area (Å²) in [5, 5.41) is 7.43. The molecule has 1 saturated heterocycles. The molecular formula is C24H26N4O2. The van der Waals surface area contributed by atoms with Crippen LogP contribution in [0.25, 0.3) is 0 Å². The highest BCUT2D eigenvalue weighted by Crippen LogP contribution is 2.21. The van der Waals surface area contributed by atoms with Gasteiger partial charge in [-0.3, -0.25) is 14.3 Å². The van der Waals surface area contributed by atoms with Gasteiger partial charge in [0.15, 0.2) is 0 Å². The molecule has 2 heterocycles. The van der Waals surface area contributed by atoms with Gasteiger partial charge in [0.1, 0.15) is 0 Å². The number of carbonyl (C=O) groups excluding carboxylic acids is 2. The summed E-state index contributed by atoms with van der Waals surface area (Å²) in [5.74, 6) is 0.0561. The molecule has 0 spiro atoms. The Kier molecular flexibility index (Phi) is 5.93. The highest BCUT2D eigenvalue weighted by molar-refractivity contribution is 5.96. The van der Waals surface area contributed by atoms with Gasteiger partial charge >= 0.3 is 0 Å². The van der Waals surface area contributed by atoms with Crippen molar-refractivity contribution in [3.05, 3.63) is 83.2 Å². The average molecular weight is 402 g/mol. The van der Waals surface area contributed by atoms with Crippen molar-refractivity contribution in [2.45, 2.75) is 39.3 Å². The Hall–Kier alpha value is -3.41. The molecule has 3 aromatic rings. The van der Waals surface area contributed by atoms with E-state index in [9.17, 15) is 9.59 Å². The first-order valence-electron chi connectivity index (χ1n) is 10.4. The molecule has 0 unspecified atom stereocenters. The zero-order valence-corrected chi connectivity index (χ0v) is 17.2. The molecule has 0 bridgehead atoms. The Morgan fingerprint density at radius 2 is 1.83 bits per heavy atom. The van der Waals surface area contributed by atoms with Gasteiger partial charge in [0.25, 0.3) is 5.91 Å². The summed E-state index contributed by atoms with van der Waals surface area (Å²) in [7, 11) is 0. The molecule has 1 aliphatic heterocycles. The number of hydrogen-bond acceptors (Lipinski definition) is 3. The molecule has 0 atom stereocenters. The van der Waals surface area contributed by atoms with Crippen LogP contribution in [0.5, 0.6) is 0 Å². The van der Waals surface area contributed by atoms with E-state index < -0.39 is 0 Å². The summed E-state index contributed by atoms with van der Waals surface area (Å²) >= 11 is 0.